The van der Waals surface area contributed by atoms with Crippen molar-refractivity contribution < 1.29 is 0 Å². The molecule has 1 aromatic heterocycles. The standard InChI is InChI=1S/C17H30N6Si/c1-13(2)10-15(8-9-24(5,6)7)23-12-17(20-22-23)16(19-21-18)11-14(3)4/h12-16H,10-11H2,1-7H3. The molecule has 0 aromatic carbocycles. The van der Waals surface area contributed by atoms with Crippen LogP contribution in [0.3, 0.4) is 0 Å². The molecule has 1 aromatic rings. The number of azide groups is 1. The molecule has 6 nitrogen and oxygen atoms in total. The molecule has 0 amide bonds. The van der Waals surface area contributed by atoms with Crippen LogP contribution < -0.4 is 0 Å². The Kier molecular flexibility index (Phi) is 7.52. The molecule has 0 saturated carbocycles. The summed E-state index contributed by atoms with van der Waals surface area (Å²) in [6.45, 7) is 15.3. The highest BCUT2D eigenvalue weighted by Gasteiger charge is 2.19. The van der Waals surface area contributed by atoms with Crippen LogP contribution in [0.15, 0.2) is 11.3 Å². The quantitative estimate of drug-likeness (QED) is 0.225. The Morgan fingerprint density at radius 3 is 2.33 bits per heavy atom. The van der Waals surface area contributed by atoms with Gasteiger partial charge in [-0.15, -0.1) is 10.6 Å². The van der Waals surface area contributed by atoms with Crippen LogP contribution in [0.5, 0.6) is 0 Å². The van der Waals surface area contributed by atoms with Crippen LogP contribution in [-0.2, 0) is 0 Å². The van der Waals surface area contributed by atoms with Gasteiger partial charge >= 0.3 is 0 Å². The molecule has 0 aliphatic carbocycles. The topological polar surface area (TPSA) is 79.5 Å². The van der Waals surface area contributed by atoms with Crippen LogP contribution in [0.25, 0.3) is 10.4 Å². The highest BCUT2D eigenvalue weighted by atomic mass is 28.3. The normalized spacial score (nSPS) is 14.0. The van der Waals surface area contributed by atoms with Crippen molar-refractivity contribution >= 4 is 8.07 Å². The highest BCUT2D eigenvalue weighted by Crippen LogP contribution is 2.25. The van der Waals surface area contributed by atoms with Gasteiger partial charge in [-0.25, -0.2) is 4.68 Å². The third-order valence-electron chi connectivity index (χ3n) is 3.38. The lowest BCUT2D eigenvalue weighted by Crippen LogP contribution is -2.18. The van der Waals surface area contributed by atoms with Crippen LogP contribution in [0.4, 0.5) is 0 Å². The summed E-state index contributed by atoms with van der Waals surface area (Å²) in [5.74, 6) is 4.34. The van der Waals surface area contributed by atoms with Gasteiger partial charge in [-0.3, -0.25) is 0 Å². The van der Waals surface area contributed by atoms with Gasteiger partial charge in [0, 0.05) is 4.91 Å². The van der Waals surface area contributed by atoms with E-state index in [1.54, 1.807) is 0 Å². The van der Waals surface area contributed by atoms with Crippen molar-refractivity contribution in [3.8, 4) is 11.5 Å². The maximum Gasteiger partial charge on any atom is 0.129 e. The molecule has 0 bridgehead atoms. The zero-order chi connectivity index (χ0) is 18.3. The first-order valence-corrected chi connectivity index (χ1v) is 12.1. The van der Waals surface area contributed by atoms with Crippen molar-refractivity contribution in [2.75, 3.05) is 0 Å². The molecule has 0 radical (unpaired) electrons. The van der Waals surface area contributed by atoms with Gasteiger partial charge in [0.25, 0.3) is 0 Å². The summed E-state index contributed by atoms with van der Waals surface area (Å²) in [7, 11) is -1.44. The second kappa shape index (κ2) is 8.91. The van der Waals surface area contributed by atoms with Crippen LogP contribution in [0.2, 0.25) is 19.6 Å². The summed E-state index contributed by atoms with van der Waals surface area (Å²) < 4.78 is 1.84. The number of aromatic nitrogens is 3. The summed E-state index contributed by atoms with van der Waals surface area (Å²) >= 11 is 0. The van der Waals surface area contributed by atoms with Crippen LogP contribution in [0, 0.1) is 23.3 Å². The molecule has 0 saturated heterocycles. The number of nitrogens with zero attached hydrogens (tertiary/aromatic N) is 6. The monoisotopic (exact) mass is 346 g/mol. The van der Waals surface area contributed by atoms with E-state index in [-0.39, 0.29) is 12.1 Å². The van der Waals surface area contributed by atoms with Gasteiger partial charge in [0.05, 0.1) is 17.9 Å². The van der Waals surface area contributed by atoms with Crippen molar-refractivity contribution in [3.63, 3.8) is 0 Å². The Bertz CT molecular complexity index is 625. The molecule has 2 atom stereocenters. The van der Waals surface area contributed by atoms with E-state index >= 15 is 0 Å². The third-order valence-corrected chi connectivity index (χ3v) is 4.28. The molecular formula is C17H30N6Si. The molecule has 0 fully saturated rings. The lowest BCUT2D eigenvalue weighted by Gasteiger charge is -2.14. The minimum atomic E-state index is -1.44. The minimum absolute atomic E-state index is 0.0174. The van der Waals surface area contributed by atoms with E-state index in [9.17, 15) is 0 Å². The minimum Gasteiger partial charge on any atom is -0.237 e. The predicted octanol–water partition coefficient (Wildman–Crippen LogP) is 5.14. The Balaban J connectivity index is 3.10. The van der Waals surface area contributed by atoms with Gasteiger partial charge in [-0.2, -0.15) is 0 Å². The van der Waals surface area contributed by atoms with Gasteiger partial charge < -0.3 is 0 Å². The Hall–Kier alpha value is -1.77. The maximum absolute atomic E-state index is 8.81. The average molecular weight is 347 g/mol. The molecule has 7 heteroatoms. The zero-order valence-corrected chi connectivity index (χ0v) is 17.0. The van der Waals surface area contributed by atoms with Crippen molar-refractivity contribution in [1.82, 2.24) is 15.0 Å². The third kappa shape index (κ3) is 7.20. The molecular weight excluding hydrogens is 316 g/mol. The van der Waals surface area contributed by atoms with Crippen molar-refractivity contribution in [3.05, 3.63) is 22.3 Å². The molecule has 0 aliphatic heterocycles. The van der Waals surface area contributed by atoms with Gasteiger partial charge in [0.1, 0.15) is 14.1 Å². The summed E-state index contributed by atoms with van der Waals surface area (Å²) in [4.78, 5) is 2.96. The second-order valence-electron chi connectivity index (χ2n) is 8.14. The van der Waals surface area contributed by atoms with Crippen LogP contribution in [-0.4, -0.2) is 23.1 Å². The first kappa shape index (κ1) is 20.3. The second-order valence-corrected chi connectivity index (χ2v) is 12.9. The molecule has 1 heterocycles. The molecule has 0 aliphatic rings. The van der Waals surface area contributed by atoms with Crippen LogP contribution in [0.1, 0.15) is 58.3 Å². The summed E-state index contributed by atoms with van der Waals surface area (Å²) in [5.41, 5.74) is 13.0. The fourth-order valence-corrected chi connectivity index (χ4v) is 2.91. The molecule has 132 valence electrons. The van der Waals surface area contributed by atoms with E-state index in [0.717, 1.165) is 18.5 Å². The average Bonchev–Trinajstić information content (AvgIpc) is 2.90. The highest BCUT2D eigenvalue weighted by molar-refractivity contribution is 6.83. The van der Waals surface area contributed by atoms with E-state index in [0.29, 0.717) is 11.8 Å². The van der Waals surface area contributed by atoms with Gasteiger partial charge in [0.15, 0.2) is 0 Å². The molecule has 24 heavy (non-hydrogen) atoms. The first-order chi connectivity index (χ1) is 11.1. The van der Waals surface area contributed by atoms with Gasteiger partial charge in [0.2, 0.25) is 0 Å². The molecule has 1 rings (SSSR count). The number of hydrogen-bond donors (Lipinski definition) is 0. The van der Waals surface area contributed by atoms with Crippen molar-refractivity contribution in [2.45, 2.75) is 72.3 Å². The van der Waals surface area contributed by atoms with Gasteiger partial charge in [-0.1, -0.05) is 63.6 Å². The molecule has 0 N–H and O–H groups in total. The van der Waals surface area contributed by atoms with E-state index < -0.39 is 8.07 Å². The maximum atomic E-state index is 8.81. The van der Waals surface area contributed by atoms with E-state index in [4.69, 9.17) is 5.53 Å². The summed E-state index contributed by atoms with van der Waals surface area (Å²) in [6, 6.07) is -0.253. The fourth-order valence-electron chi connectivity index (χ4n) is 2.31. The van der Waals surface area contributed by atoms with Crippen LogP contribution >= 0.6 is 0 Å². The Labute approximate surface area is 146 Å². The van der Waals surface area contributed by atoms with E-state index in [1.807, 2.05) is 10.9 Å². The first-order valence-electron chi connectivity index (χ1n) is 8.61. The van der Waals surface area contributed by atoms with E-state index in [2.05, 4.69) is 79.1 Å². The zero-order valence-electron chi connectivity index (χ0n) is 16.0. The SMILES string of the molecule is CC(C)CC(N=[N+]=[N-])c1cn(C(C#C[Si](C)(C)C)CC(C)C)nn1. The van der Waals surface area contributed by atoms with E-state index in [1.165, 1.54) is 0 Å². The lowest BCUT2D eigenvalue weighted by molar-refractivity contribution is 0.435. The fraction of sp³-hybridized carbons (Fsp3) is 0.765. The van der Waals surface area contributed by atoms with Crippen molar-refractivity contribution in [2.24, 2.45) is 17.0 Å². The Morgan fingerprint density at radius 2 is 1.83 bits per heavy atom. The lowest BCUT2D eigenvalue weighted by atomic mass is 10.0. The summed E-state index contributed by atoms with van der Waals surface area (Å²) in [6.07, 6.45) is 3.59. The molecule has 2 unspecified atom stereocenters. The Morgan fingerprint density at radius 1 is 1.21 bits per heavy atom. The smallest absolute Gasteiger partial charge is 0.129 e. The van der Waals surface area contributed by atoms with Crippen molar-refractivity contribution in [1.29, 1.82) is 0 Å². The predicted molar refractivity (Wildman–Crippen MR) is 101 cm³/mol. The largest absolute Gasteiger partial charge is 0.237 e. The molecule has 0 spiro atoms. The summed E-state index contributed by atoms with van der Waals surface area (Å²) in [5, 5.41) is 12.4. The number of hydrogen-bond acceptors (Lipinski definition) is 3. The number of rotatable bonds is 7. The van der Waals surface area contributed by atoms with Gasteiger partial charge in [-0.05, 0) is 30.2 Å².